The van der Waals surface area contributed by atoms with Gasteiger partial charge in [-0.15, -0.1) is 0 Å². The molecule has 0 amide bonds. The van der Waals surface area contributed by atoms with Gasteiger partial charge in [-0.1, -0.05) is 36.4 Å². The first-order valence-corrected chi connectivity index (χ1v) is 8.40. The van der Waals surface area contributed by atoms with Gasteiger partial charge in [-0.05, 0) is 45.5 Å². The lowest BCUT2D eigenvalue weighted by Crippen LogP contribution is -2.29. The summed E-state index contributed by atoms with van der Waals surface area (Å²) in [6, 6.07) is 13.3. The molecule has 1 N–H and O–H groups in total. The van der Waals surface area contributed by atoms with Gasteiger partial charge >= 0.3 is 0 Å². The number of allylic oxidation sites excluding steroid dienone is 2. The molecule has 0 bridgehead atoms. The van der Waals surface area contributed by atoms with Crippen molar-refractivity contribution in [3.8, 4) is 0 Å². The molecule has 3 atom stereocenters. The van der Waals surface area contributed by atoms with Gasteiger partial charge in [0.15, 0.2) is 0 Å². The minimum absolute atomic E-state index is 0.132. The number of halogens is 1. The summed E-state index contributed by atoms with van der Waals surface area (Å²) in [6.07, 6.45) is 5.55. The predicted molar refractivity (Wildman–Crippen MR) is 93.6 cm³/mol. The molecule has 5 heteroatoms. The number of nitro benzene ring substituents is 1. The SMILES string of the molecule is O=[N+]([O-])c1ccc([C@@H]2Nc3c(Br)cccc3[C@@H]3C=CC[C@@H]32)cc1. The van der Waals surface area contributed by atoms with Crippen molar-refractivity contribution in [2.45, 2.75) is 18.4 Å². The highest BCUT2D eigenvalue weighted by Gasteiger charge is 2.38. The molecule has 23 heavy (non-hydrogen) atoms. The standard InChI is InChI=1S/C18H15BrN2O2/c19-16-6-2-5-15-13-3-1-4-14(13)17(20-18(15)16)11-7-9-12(10-8-11)21(22)23/h1-3,5-10,13-14,17,20H,4H2/t13-,14+,17+/m1/s1. The highest BCUT2D eigenvalue weighted by Crippen LogP contribution is 2.51. The molecular formula is C18H15BrN2O2. The molecule has 116 valence electrons. The van der Waals surface area contributed by atoms with Crippen LogP contribution in [-0.4, -0.2) is 4.92 Å². The number of benzene rings is 2. The molecule has 2 aromatic rings. The zero-order valence-corrected chi connectivity index (χ0v) is 13.9. The maximum absolute atomic E-state index is 10.9. The summed E-state index contributed by atoms with van der Waals surface area (Å²) in [5.41, 5.74) is 3.67. The Bertz CT molecular complexity index is 801. The third-order valence-electron chi connectivity index (χ3n) is 4.81. The van der Waals surface area contributed by atoms with Crippen molar-refractivity contribution in [3.63, 3.8) is 0 Å². The van der Waals surface area contributed by atoms with Crippen LogP contribution in [0, 0.1) is 16.0 Å². The number of nitrogens with zero attached hydrogens (tertiary/aromatic N) is 1. The number of fused-ring (bicyclic) bond motifs is 3. The Labute approximate surface area is 142 Å². The van der Waals surface area contributed by atoms with Crippen LogP contribution >= 0.6 is 15.9 Å². The highest BCUT2D eigenvalue weighted by molar-refractivity contribution is 9.10. The molecule has 1 aliphatic carbocycles. The van der Waals surface area contributed by atoms with Crippen molar-refractivity contribution in [1.29, 1.82) is 0 Å². The van der Waals surface area contributed by atoms with Crippen LogP contribution in [0.4, 0.5) is 11.4 Å². The van der Waals surface area contributed by atoms with Crippen LogP contribution in [0.3, 0.4) is 0 Å². The Morgan fingerprint density at radius 2 is 1.96 bits per heavy atom. The average Bonchev–Trinajstić information content (AvgIpc) is 3.04. The second-order valence-electron chi connectivity index (χ2n) is 6.03. The maximum atomic E-state index is 10.9. The van der Waals surface area contributed by atoms with E-state index in [0.717, 1.165) is 22.1 Å². The van der Waals surface area contributed by atoms with Crippen molar-refractivity contribution in [3.05, 3.63) is 80.3 Å². The molecule has 0 saturated heterocycles. The number of hydrogen-bond donors (Lipinski definition) is 1. The van der Waals surface area contributed by atoms with Crippen LogP contribution in [0.25, 0.3) is 0 Å². The van der Waals surface area contributed by atoms with E-state index in [1.807, 2.05) is 18.2 Å². The lowest BCUT2D eigenvalue weighted by molar-refractivity contribution is -0.384. The number of para-hydroxylation sites is 1. The van der Waals surface area contributed by atoms with E-state index in [4.69, 9.17) is 0 Å². The Hall–Kier alpha value is -2.14. The molecule has 0 spiro atoms. The summed E-state index contributed by atoms with van der Waals surface area (Å²) in [4.78, 5) is 10.5. The lowest BCUT2D eigenvalue weighted by atomic mass is 9.77. The molecule has 2 aromatic carbocycles. The maximum Gasteiger partial charge on any atom is 0.269 e. The van der Waals surface area contributed by atoms with E-state index in [9.17, 15) is 10.1 Å². The van der Waals surface area contributed by atoms with Gasteiger partial charge in [-0.25, -0.2) is 0 Å². The minimum atomic E-state index is -0.357. The Morgan fingerprint density at radius 3 is 2.70 bits per heavy atom. The van der Waals surface area contributed by atoms with E-state index in [0.29, 0.717) is 11.8 Å². The van der Waals surface area contributed by atoms with Crippen LogP contribution in [-0.2, 0) is 0 Å². The van der Waals surface area contributed by atoms with Gasteiger partial charge in [0.1, 0.15) is 0 Å². The van der Waals surface area contributed by atoms with E-state index in [1.54, 1.807) is 12.1 Å². The molecule has 0 aromatic heterocycles. The molecule has 0 fully saturated rings. The van der Waals surface area contributed by atoms with E-state index in [-0.39, 0.29) is 16.7 Å². The Kier molecular flexibility index (Phi) is 3.45. The predicted octanol–water partition coefficient (Wildman–Crippen LogP) is 5.18. The number of anilines is 1. The number of non-ortho nitro benzene ring substituents is 1. The number of nitrogens with one attached hydrogen (secondary N) is 1. The summed E-state index contributed by atoms with van der Waals surface area (Å²) in [5, 5.41) is 14.5. The first-order valence-electron chi connectivity index (χ1n) is 7.61. The lowest BCUT2D eigenvalue weighted by Gasteiger charge is -2.38. The third-order valence-corrected chi connectivity index (χ3v) is 5.47. The van der Waals surface area contributed by atoms with Crippen LogP contribution in [0.1, 0.15) is 29.5 Å². The molecule has 0 saturated carbocycles. The average molecular weight is 371 g/mol. The third kappa shape index (κ3) is 2.36. The Balaban J connectivity index is 1.75. The number of hydrogen-bond acceptors (Lipinski definition) is 3. The van der Waals surface area contributed by atoms with Gasteiger partial charge in [-0.2, -0.15) is 0 Å². The zero-order valence-electron chi connectivity index (χ0n) is 12.3. The van der Waals surface area contributed by atoms with E-state index < -0.39 is 0 Å². The molecular weight excluding hydrogens is 356 g/mol. The van der Waals surface area contributed by atoms with Gasteiger partial charge in [0.05, 0.1) is 16.7 Å². The summed E-state index contributed by atoms with van der Waals surface area (Å²) >= 11 is 3.63. The van der Waals surface area contributed by atoms with Crippen molar-refractivity contribution >= 4 is 27.3 Å². The summed E-state index contributed by atoms with van der Waals surface area (Å²) in [5.74, 6) is 0.835. The second-order valence-corrected chi connectivity index (χ2v) is 6.88. The number of nitro groups is 1. The van der Waals surface area contributed by atoms with Gasteiger partial charge in [0.25, 0.3) is 5.69 Å². The summed E-state index contributed by atoms with van der Waals surface area (Å²) in [6.45, 7) is 0. The second kappa shape index (κ2) is 5.49. The molecule has 1 aliphatic heterocycles. The van der Waals surface area contributed by atoms with Gasteiger partial charge < -0.3 is 5.32 Å². The smallest absolute Gasteiger partial charge is 0.269 e. The molecule has 1 heterocycles. The van der Waals surface area contributed by atoms with Crippen LogP contribution in [0.5, 0.6) is 0 Å². The molecule has 0 unspecified atom stereocenters. The largest absolute Gasteiger partial charge is 0.377 e. The van der Waals surface area contributed by atoms with Gasteiger partial charge in [0, 0.05) is 22.5 Å². The molecule has 4 nitrogen and oxygen atoms in total. The highest BCUT2D eigenvalue weighted by atomic mass is 79.9. The normalized spacial score (nSPS) is 24.7. The topological polar surface area (TPSA) is 55.2 Å². The first-order chi connectivity index (χ1) is 11.1. The molecule has 0 radical (unpaired) electrons. The van der Waals surface area contributed by atoms with E-state index >= 15 is 0 Å². The van der Waals surface area contributed by atoms with Crippen molar-refractivity contribution in [1.82, 2.24) is 0 Å². The fourth-order valence-electron chi connectivity index (χ4n) is 3.72. The van der Waals surface area contributed by atoms with Crippen molar-refractivity contribution in [2.24, 2.45) is 5.92 Å². The molecule has 2 aliphatic rings. The zero-order chi connectivity index (χ0) is 16.0. The van der Waals surface area contributed by atoms with Crippen LogP contribution in [0.15, 0.2) is 59.1 Å². The van der Waals surface area contributed by atoms with E-state index in [1.165, 1.54) is 5.56 Å². The van der Waals surface area contributed by atoms with Crippen LogP contribution in [0.2, 0.25) is 0 Å². The van der Waals surface area contributed by atoms with Crippen LogP contribution < -0.4 is 5.32 Å². The summed E-state index contributed by atoms with van der Waals surface area (Å²) in [7, 11) is 0. The number of rotatable bonds is 2. The summed E-state index contributed by atoms with van der Waals surface area (Å²) < 4.78 is 1.06. The van der Waals surface area contributed by atoms with E-state index in [2.05, 4.69) is 45.5 Å². The van der Waals surface area contributed by atoms with Crippen molar-refractivity contribution in [2.75, 3.05) is 5.32 Å². The van der Waals surface area contributed by atoms with Crippen molar-refractivity contribution < 1.29 is 4.92 Å². The van der Waals surface area contributed by atoms with Gasteiger partial charge in [-0.3, -0.25) is 10.1 Å². The van der Waals surface area contributed by atoms with Gasteiger partial charge in [0.2, 0.25) is 0 Å². The molecule has 4 rings (SSSR count). The fraction of sp³-hybridized carbons (Fsp3) is 0.222. The monoisotopic (exact) mass is 370 g/mol. The fourth-order valence-corrected chi connectivity index (χ4v) is 4.21. The Morgan fingerprint density at radius 1 is 1.17 bits per heavy atom. The quantitative estimate of drug-likeness (QED) is 0.449. The minimum Gasteiger partial charge on any atom is -0.377 e. The first kappa shape index (κ1) is 14.5.